The van der Waals surface area contributed by atoms with E-state index in [4.69, 9.17) is 0 Å². The number of thioether (sulfide) groups is 1. The first-order valence-electron chi connectivity index (χ1n) is 7.25. The van der Waals surface area contributed by atoms with Gasteiger partial charge in [-0.05, 0) is 37.3 Å². The van der Waals surface area contributed by atoms with Crippen LogP contribution in [0, 0.1) is 6.92 Å². The zero-order chi connectivity index (χ0) is 15.6. The van der Waals surface area contributed by atoms with E-state index in [9.17, 15) is 9.90 Å². The van der Waals surface area contributed by atoms with Crippen molar-refractivity contribution in [2.24, 2.45) is 0 Å². The van der Waals surface area contributed by atoms with Gasteiger partial charge in [0.25, 0.3) is 5.91 Å². The van der Waals surface area contributed by atoms with Crippen LogP contribution in [-0.4, -0.2) is 44.6 Å². The smallest absolute Gasteiger partial charge is 0.267 e. The predicted molar refractivity (Wildman–Crippen MR) is 90.5 cm³/mol. The van der Waals surface area contributed by atoms with Crippen LogP contribution >= 0.6 is 23.1 Å². The van der Waals surface area contributed by atoms with Gasteiger partial charge >= 0.3 is 0 Å². The summed E-state index contributed by atoms with van der Waals surface area (Å²) in [5.74, 6) is 1.70. The van der Waals surface area contributed by atoms with Crippen molar-refractivity contribution >= 4 is 29.0 Å². The number of hydrogen-bond acceptors (Lipinski definition) is 5. The van der Waals surface area contributed by atoms with Crippen LogP contribution in [-0.2, 0) is 0 Å². The van der Waals surface area contributed by atoms with Gasteiger partial charge in [0.15, 0.2) is 0 Å². The molecular formula is C15H19N3O2S2. The standard InChI is InChI=1S/C15H19N3O2S2/c1-10-18-13(8-22-10)11-6-12(16-7-11)14(19)17-9-15(20)2-4-21-5-3-15/h6-8,16,20H,2-5,9H2,1H3,(H,17,19). The molecule has 3 heterocycles. The summed E-state index contributed by atoms with van der Waals surface area (Å²) in [6.45, 7) is 2.26. The van der Waals surface area contributed by atoms with Gasteiger partial charge in [0, 0.05) is 23.7 Å². The number of carbonyl (C=O) groups is 1. The number of aliphatic hydroxyl groups is 1. The molecule has 2 aromatic heterocycles. The summed E-state index contributed by atoms with van der Waals surface area (Å²) in [4.78, 5) is 19.6. The monoisotopic (exact) mass is 337 g/mol. The minimum atomic E-state index is -0.762. The van der Waals surface area contributed by atoms with E-state index in [0.717, 1.165) is 40.6 Å². The minimum absolute atomic E-state index is 0.190. The molecule has 118 valence electrons. The first-order chi connectivity index (χ1) is 10.6. The van der Waals surface area contributed by atoms with Crippen molar-refractivity contribution in [2.45, 2.75) is 25.4 Å². The van der Waals surface area contributed by atoms with Crippen molar-refractivity contribution < 1.29 is 9.90 Å². The van der Waals surface area contributed by atoms with E-state index >= 15 is 0 Å². The molecule has 0 unspecified atom stereocenters. The highest BCUT2D eigenvalue weighted by Gasteiger charge is 2.30. The molecule has 3 rings (SSSR count). The first kappa shape index (κ1) is 15.6. The van der Waals surface area contributed by atoms with E-state index in [1.54, 1.807) is 23.6 Å². The number of amides is 1. The zero-order valence-corrected chi connectivity index (χ0v) is 14.0. The fraction of sp³-hybridized carbons (Fsp3) is 0.467. The zero-order valence-electron chi connectivity index (χ0n) is 12.4. The first-order valence-corrected chi connectivity index (χ1v) is 9.28. The number of aryl methyl sites for hydroxylation is 1. The molecule has 0 bridgehead atoms. The van der Waals surface area contributed by atoms with Crippen molar-refractivity contribution in [1.29, 1.82) is 0 Å². The van der Waals surface area contributed by atoms with Crippen molar-refractivity contribution in [3.8, 4) is 11.3 Å². The Balaban J connectivity index is 1.62. The third-order valence-corrected chi connectivity index (χ3v) is 5.60. The molecule has 0 spiro atoms. The number of nitrogens with one attached hydrogen (secondary N) is 2. The number of nitrogens with zero attached hydrogens (tertiary/aromatic N) is 1. The van der Waals surface area contributed by atoms with Crippen LogP contribution < -0.4 is 5.32 Å². The fourth-order valence-corrected chi connectivity index (χ4v) is 4.31. The fourth-order valence-electron chi connectivity index (χ4n) is 2.44. The maximum absolute atomic E-state index is 12.2. The molecule has 1 amide bonds. The van der Waals surface area contributed by atoms with Gasteiger partial charge in [0.05, 0.1) is 16.3 Å². The van der Waals surface area contributed by atoms with E-state index in [2.05, 4.69) is 15.3 Å². The average molecular weight is 337 g/mol. The average Bonchev–Trinajstić information content (AvgIpc) is 3.14. The SMILES string of the molecule is Cc1nc(-c2c[nH]c(C(=O)NCC3(O)CCSCC3)c2)cs1. The van der Waals surface area contributed by atoms with Gasteiger partial charge in [0.2, 0.25) is 0 Å². The summed E-state index contributed by atoms with van der Waals surface area (Å²) in [6, 6.07) is 1.80. The molecule has 3 N–H and O–H groups in total. The molecule has 2 aromatic rings. The second kappa shape index (κ2) is 6.44. The summed E-state index contributed by atoms with van der Waals surface area (Å²) in [5.41, 5.74) is 1.51. The topological polar surface area (TPSA) is 78.0 Å². The Morgan fingerprint density at radius 1 is 1.50 bits per heavy atom. The van der Waals surface area contributed by atoms with Crippen LogP contribution in [0.25, 0.3) is 11.3 Å². The highest BCUT2D eigenvalue weighted by atomic mass is 32.2. The molecule has 1 aliphatic rings. The maximum Gasteiger partial charge on any atom is 0.267 e. The van der Waals surface area contributed by atoms with Gasteiger partial charge in [0.1, 0.15) is 5.69 Å². The number of hydrogen-bond donors (Lipinski definition) is 3. The molecule has 0 atom stereocenters. The van der Waals surface area contributed by atoms with E-state index < -0.39 is 5.60 Å². The van der Waals surface area contributed by atoms with Crippen LogP contribution in [0.3, 0.4) is 0 Å². The van der Waals surface area contributed by atoms with Crippen molar-refractivity contribution in [2.75, 3.05) is 18.1 Å². The molecule has 1 fully saturated rings. The number of thiazole rings is 1. The second-order valence-corrected chi connectivity index (χ2v) is 7.86. The van der Waals surface area contributed by atoms with E-state index in [1.165, 1.54) is 0 Å². The van der Waals surface area contributed by atoms with E-state index in [-0.39, 0.29) is 5.91 Å². The van der Waals surface area contributed by atoms with Crippen LogP contribution in [0.2, 0.25) is 0 Å². The molecule has 7 heteroatoms. The lowest BCUT2D eigenvalue weighted by atomic mass is 9.97. The van der Waals surface area contributed by atoms with Crippen molar-refractivity contribution in [3.63, 3.8) is 0 Å². The lowest BCUT2D eigenvalue weighted by Gasteiger charge is -2.31. The maximum atomic E-state index is 12.2. The Morgan fingerprint density at radius 2 is 2.27 bits per heavy atom. The Hall–Kier alpha value is -1.31. The Morgan fingerprint density at radius 3 is 2.95 bits per heavy atom. The number of carbonyl (C=O) groups excluding carboxylic acids is 1. The predicted octanol–water partition coefficient (Wildman–Crippen LogP) is 2.43. The number of aromatic nitrogens is 2. The summed E-state index contributed by atoms with van der Waals surface area (Å²) < 4.78 is 0. The molecule has 0 radical (unpaired) electrons. The molecule has 22 heavy (non-hydrogen) atoms. The molecule has 0 aliphatic carbocycles. The molecular weight excluding hydrogens is 318 g/mol. The number of aromatic amines is 1. The molecule has 1 saturated heterocycles. The van der Waals surface area contributed by atoms with Crippen molar-refractivity contribution in [1.82, 2.24) is 15.3 Å². The number of rotatable bonds is 4. The lowest BCUT2D eigenvalue weighted by Crippen LogP contribution is -2.45. The lowest BCUT2D eigenvalue weighted by molar-refractivity contribution is 0.0310. The van der Waals surface area contributed by atoms with Crippen LogP contribution in [0.4, 0.5) is 0 Å². The van der Waals surface area contributed by atoms with Gasteiger partial charge < -0.3 is 15.4 Å². The quantitative estimate of drug-likeness (QED) is 0.801. The normalized spacial score (nSPS) is 17.4. The summed E-state index contributed by atoms with van der Waals surface area (Å²) in [6.07, 6.45) is 3.24. The molecule has 0 aromatic carbocycles. The highest BCUT2D eigenvalue weighted by Crippen LogP contribution is 2.26. The minimum Gasteiger partial charge on any atom is -0.388 e. The largest absolute Gasteiger partial charge is 0.388 e. The van der Waals surface area contributed by atoms with E-state index in [1.807, 2.05) is 24.1 Å². The number of H-pyrrole nitrogens is 1. The Labute approximate surface area is 137 Å². The van der Waals surface area contributed by atoms with Crippen LogP contribution in [0.1, 0.15) is 28.3 Å². The summed E-state index contributed by atoms with van der Waals surface area (Å²) >= 11 is 3.43. The highest BCUT2D eigenvalue weighted by molar-refractivity contribution is 7.99. The third-order valence-electron chi connectivity index (χ3n) is 3.84. The van der Waals surface area contributed by atoms with Gasteiger partial charge in [-0.1, -0.05) is 0 Å². The molecule has 1 aliphatic heterocycles. The van der Waals surface area contributed by atoms with Gasteiger partial charge in [-0.3, -0.25) is 4.79 Å². The Bertz CT molecular complexity index is 659. The summed E-state index contributed by atoms with van der Waals surface area (Å²) in [7, 11) is 0. The third kappa shape index (κ3) is 3.53. The Kier molecular flexibility index (Phi) is 4.56. The van der Waals surface area contributed by atoms with Gasteiger partial charge in [-0.15, -0.1) is 11.3 Å². The summed E-state index contributed by atoms with van der Waals surface area (Å²) in [5, 5.41) is 16.2. The van der Waals surface area contributed by atoms with Crippen LogP contribution in [0.5, 0.6) is 0 Å². The van der Waals surface area contributed by atoms with E-state index in [0.29, 0.717) is 12.2 Å². The van der Waals surface area contributed by atoms with Gasteiger partial charge in [-0.25, -0.2) is 4.98 Å². The second-order valence-electron chi connectivity index (χ2n) is 5.57. The van der Waals surface area contributed by atoms with Crippen LogP contribution in [0.15, 0.2) is 17.6 Å². The van der Waals surface area contributed by atoms with Crippen molar-refractivity contribution in [3.05, 3.63) is 28.3 Å². The van der Waals surface area contributed by atoms with Gasteiger partial charge in [-0.2, -0.15) is 11.8 Å². The molecule has 0 saturated carbocycles. The molecule has 5 nitrogen and oxygen atoms in total.